The monoisotopic (exact) mass is 340 g/mol. The van der Waals surface area contributed by atoms with Gasteiger partial charge < -0.3 is 0 Å². The van der Waals surface area contributed by atoms with Crippen molar-refractivity contribution in [3.8, 4) is 0 Å². The second-order valence-corrected chi connectivity index (χ2v) is 8.61. The molecule has 12 heteroatoms. The molecule has 0 bridgehead atoms. The number of hydrogen-bond donors (Lipinski definition) is 0. The average molecular weight is 340 g/mol. The van der Waals surface area contributed by atoms with E-state index in [2.05, 4.69) is 12.5 Å². The Morgan fingerprint density at radius 2 is 1.26 bits per heavy atom. The lowest BCUT2D eigenvalue weighted by Crippen LogP contribution is -2.26. The van der Waals surface area contributed by atoms with Crippen LogP contribution in [0.4, 0.5) is 0 Å². The first kappa shape index (κ1) is 18.7. The fourth-order valence-electron chi connectivity index (χ4n) is 0.937. The van der Waals surface area contributed by atoms with Crippen LogP contribution < -0.4 is 0 Å². The molecule has 0 aliphatic heterocycles. The third-order valence-electron chi connectivity index (χ3n) is 1.52. The predicted molar refractivity (Wildman–Crippen MR) is 65.9 cm³/mol. The van der Waals surface area contributed by atoms with E-state index in [1.165, 1.54) is 0 Å². The molecule has 116 valence electrons. The van der Waals surface area contributed by atoms with E-state index in [1.54, 1.807) is 0 Å². The summed E-state index contributed by atoms with van der Waals surface area (Å²) >= 11 is 0. The van der Waals surface area contributed by atoms with Crippen LogP contribution in [0.1, 0.15) is 6.42 Å². The van der Waals surface area contributed by atoms with Gasteiger partial charge in [0.05, 0.1) is 32.0 Å². The largest absolute Gasteiger partial charge is 0.270 e. The third kappa shape index (κ3) is 14.0. The van der Waals surface area contributed by atoms with Gasteiger partial charge in [-0.15, -0.1) is 0 Å². The van der Waals surface area contributed by atoms with E-state index in [0.717, 1.165) is 18.8 Å². The zero-order valence-corrected chi connectivity index (χ0v) is 13.0. The summed E-state index contributed by atoms with van der Waals surface area (Å²) in [4.78, 5) is 0. The van der Waals surface area contributed by atoms with Gasteiger partial charge in [0.2, 0.25) is 0 Å². The van der Waals surface area contributed by atoms with Crippen molar-refractivity contribution in [3.05, 3.63) is 0 Å². The lowest BCUT2D eigenvalue weighted by atomic mass is 10.3. The number of rotatable bonds is 9. The highest BCUT2D eigenvalue weighted by Gasteiger charge is 2.19. The Hall–Kier alpha value is -0.270. The van der Waals surface area contributed by atoms with Gasteiger partial charge >= 0.3 is 0 Å². The van der Waals surface area contributed by atoms with Crippen molar-refractivity contribution in [1.29, 1.82) is 0 Å². The summed E-state index contributed by atoms with van der Waals surface area (Å²) in [6.07, 6.45) is 1.06. The van der Waals surface area contributed by atoms with Crippen LogP contribution in [-0.2, 0) is 42.9 Å². The summed E-state index contributed by atoms with van der Waals surface area (Å²) in [5, 5.41) is 0. The van der Waals surface area contributed by atoms with Crippen molar-refractivity contribution < 1.29 is 37.8 Å². The van der Waals surface area contributed by atoms with Crippen LogP contribution in [0.25, 0.3) is 0 Å². The van der Waals surface area contributed by atoms with Gasteiger partial charge in [0.15, 0.2) is 0 Å². The van der Waals surface area contributed by atoms with Crippen LogP contribution in [0.5, 0.6) is 0 Å². The van der Waals surface area contributed by atoms with Crippen LogP contribution >= 0.6 is 0 Å². The van der Waals surface area contributed by atoms with Crippen LogP contribution in [0, 0.1) is 0 Å². The van der Waals surface area contributed by atoms with Gasteiger partial charge in [0, 0.05) is 6.42 Å². The van der Waals surface area contributed by atoms with Gasteiger partial charge in [-0.1, -0.05) is 0 Å². The summed E-state index contributed by atoms with van der Waals surface area (Å²) in [6.45, 7) is -0.912. The highest BCUT2D eigenvalue weighted by Crippen LogP contribution is 2.07. The van der Waals surface area contributed by atoms with Crippen molar-refractivity contribution >= 4 is 30.4 Å². The molecule has 0 unspecified atom stereocenters. The Balaban J connectivity index is 4.51. The Labute approximate surface area is 113 Å². The molecule has 0 heterocycles. The molecule has 0 saturated carbocycles. The molecular weight excluding hydrogens is 324 g/mol. The molecule has 0 saturated heterocycles. The molecular formula is C7H16O9S3. The van der Waals surface area contributed by atoms with E-state index in [4.69, 9.17) is 0 Å². The highest BCUT2D eigenvalue weighted by atomic mass is 32.2. The maximum atomic E-state index is 10.9. The van der Waals surface area contributed by atoms with E-state index in [9.17, 15) is 25.3 Å². The quantitative estimate of drug-likeness (QED) is 0.469. The molecule has 0 amide bonds. The van der Waals surface area contributed by atoms with Crippen molar-refractivity contribution in [3.63, 3.8) is 0 Å². The Morgan fingerprint density at radius 3 is 1.63 bits per heavy atom. The smallest absolute Gasteiger partial charge is 0.264 e. The second-order valence-electron chi connectivity index (χ2n) is 3.73. The lowest BCUT2D eigenvalue weighted by Gasteiger charge is -2.15. The molecule has 0 spiro atoms. The SMILES string of the molecule is CS(=O)(=O)OCC[C@@H](COS(C)(=O)=O)OS(C)(=O)=O. The summed E-state index contributed by atoms with van der Waals surface area (Å²) in [7, 11) is -11.3. The molecule has 0 N–H and O–H groups in total. The first-order chi connectivity index (χ1) is 8.29. The molecule has 0 fully saturated rings. The lowest BCUT2D eigenvalue weighted by molar-refractivity contribution is 0.116. The maximum absolute atomic E-state index is 10.9. The van der Waals surface area contributed by atoms with Crippen molar-refractivity contribution in [2.45, 2.75) is 12.5 Å². The van der Waals surface area contributed by atoms with Crippen LogP contribution in [0.3, 0.4) is 0 Å². The molecule has 19 heavy (non-hydrogen) atoms. The third-order valence-corrected chi connectivity index (χ3v) is 3.30. The molecule has 9 nitrogen and oxygen atoms in total. The van der Waals surface area contributed by atoms with Crippen LogP contribution in [0.2, 0.25) is 0 Å². The molecule has 0 aliphatic carbocycles. The average Bonchev–Trinajstić information content (AvgIpc) is 2.08. The standard InChI is InChI=1S/C7H16O9S3/c1-17(8,9)14-5-4-7(16-19(3,12)13)6-15-18(2,10)11/h7H,4-6H2,1-3H3/t7-/m0/s1. The first-order valence-electron chi connectivity index (χ1n) is 4.85. The molecule has 0 aliphatic rings. The Kier molecular flexibility index (Phi) is 6.85. The minimum atomic E-state index is -3.84. The van der Waals surface area contributed by atoms with E-state index < -0.39 is 43.1 Å². The minimum Gasteiger partial charge on any atom is -0.270 e. The minimum absolute atomic E-state index is 0.171. The predicted octanol–water partition coefficient (Wildman–Crippen LogP) is -1.33. The van der Waals surface area contributed by atoms with Gasteiger partial charge in [-0.2, -0.15) is 25.3 Å². The summed E-state index contributed by atoms with van der Waals surface area (Å²) in [6, 6.07) is 0. The zero-order valence-electron chi connectivity index (χ0n) is 10.6. The molecule has 0 radical (unpaired) electrons. The summed E-state index contributed by atoms with van der Waals surface area (Å²) in [5.41, 5.74) is 0. The van der Waals surface area contributed by atoms with E-state index in [1.807, 2.05) is 0 Å². The molecule has 0 aromatic rings. The fraction of sp³-hybridized carbons (Fsp3) is 1.00. The first-order valence-corrected chi connectivity index (χ1v) is 10.3. The fourth-order valence-corrected chi connectivity index (χ4v) is 2.38. The molecule has 0 aromatic carbocycles. The molecule has 1 atom stereocenters. The Bertz CT molecular complexity index is 571. The normalized spacial score (nSPS) is 15.3. The second kappa shape index (κ2) is 6.95. The van der Waals surface area contributed by atoms with E-state index in [-0.39, 0.29) is 13.0 Å². The topological polar surface area (TPSA) is 130 Å². The van der Waals surface area contributed by atoms with Crippen LogP contribution in [0.15, 0.2) is 0 Å². The van der Waals surface area contributed by atoms with Crippen molar-refractivity contribution in [1.82, 2.24) is 0 Å². The van der Waals surface area contributed by atoms with Gasteiger partial charge in [0.25, 0.3) is 30.4 Å². The van der Waals surface area contributed by atoms with Gasteiger partial charge in [0.1, 0.15) is 6.10 Å². The summed E-state index contributed by atoms with van der Waals surface area (Å²) in [5.74, 6) is 0. The van der Waals surface area contributed by atoms with Gasteiger partial charge in [-0.05, 0) is 0 Å². The summed E-state index contributed by atoms with van der Waals surface area (Å²) < 4.78 is 78.2. The van der Waals surface area contributed by atoms with Gasteiger partial charge in [-0.25, -0.2) is 0 Å². The maximum Gasteiger partial charge on any atom is 0.264 e. The van der Waals surface area contributed by atoms with Crippen molar-refractivity contribution in [2.24, 2.45) is 0 Å². The molecule has 0 aromatic heterocycles. The Morgan fingerprint density at radius 1 is 0.789 bits per heavy atom. The number of hydrogen-bond acceptors (Lipinski definition) is 9. The zero-order chi connectivity index (χ0) is 15.3. The highest BCUT2D eigenvalue weighted by molar-refractivity contribution is 7.86. The van der Waals surface area contributed by atoms with Crippen LogP contribution in [-0.4, -0.2) is 63.3 Å². The van der Waals surface area contributed by atoms with E-state index in [0.29, 0.717) is 0 Å². The molecule has 0 rings (SSSR count). The van der Waals surface area contributed by atoms with Crippen molar-refractivity contribution in [2.75, 3.05) is 32.0 Å². The van der Waals surface area contributed by atoms with Gasteiger partial charge in [-0.3, -0.25) is 12.5 Å². The van der Waals surface area contributed by atoms with E-state index >= 15 is 0 Å².